The lowest BCUT2D eigenvalue weighted by atomic mass is 9.32. The van der Waals surface area contributed by atoms with Gasteiger partial charge in [-0.3, -0.25) is 0 Å². The number of alkyl halides is 5. The van der Waals surface area contributed by atoms with E-state index in [4.69, 9.17) is 0 Å². The predicted octanol–water partition coefficient (Wildman–Crippen LogP) is 26.5. The maximum Gasteiger partial charge on any atom is 0.394 e. The topological polar surface area (TPSA) is 0 Å². The van der Waals surface area contributed by atoms with Crippen LogP contribution in [-0.2, 0) is 48.7 Å². The Labute approximate surface area is 687 Å². The quantitative estimate of drug-likeness (QED) is 0.0484. The Hall–Kier alpha value is -9.28. The molecule has 0 aromatic heterocycles. The SMILES string of the molecule is C[Si](C)(C)C12CC3(c4ccccc4)CC(c4ccccc4)(CC(c4ccccc4)(C3)C1)C2.FC(F)(F)CC(F)(F)CC12CC3(c4ccccc4)CC(c4ccccc4)(C1)CC(c1ccccc1)(C2)C3.c1ccc(C23CC4(c5ccccc5)CC(c5ccccc5)(C2)CC([Si](c2ccccc2)(c2ccccc2)c2ccccc2)(C3)C4)cc1. The highest BCUT2D eigenvalue weighted by molar-refractivity contribution is 7.13. The normalized spacial score (nSPS) is 31.7. The third-order valence-corrected chi connectivity index (χ3v) is 41.3. The van der Waals surface area contributed by atoms with Crippen LogP contribution >= 0.6 is 0 Å². The van der Waals surface area contributed by atoms with Crippen molar-refractivity contribution in [2.24, 2.45) is 5.41 Å². The van der Waals surface area contributed by atoms with Crippen molar-refractivity contribution >= 4 is 31.7 Å². The summed E-state index contributed by atoms with van der Waals surface area (Å²) in [6.07, 6.45) is 11.7. The van der Waals surface area contributed by atoms with Crippen LogP contribution in [0.2, 0.25) is 29.7 Å². The van der Waals surface area contributed by atoms with Crippen molar-refractivity contribution in [1.82, 2.24) is 0 Å². The van der Waals surface area contributed by atoms with Gasteiger partial charge in [0.25, 0.3) is 5.92 Å². The summed E-state index contributed by atoms with van der Waals surface area (Å²) in [7, 11) is -4.16. The van der Waals surface area contributed by atoms with Gasteiger partial charge in [-0.2, -0.15) is 13.2 Å². The molecule has 0 heterocycles. The molecule has 12 aromatic carbocycles. The zero-order chi connectivity index (χ0) is 79.5. The molecule has 0 atom stereocenters. The van der Waals surface area contributed by atoms with Gasteiger partial charge in [0.1, 0.15) is 6.42 Å². The van der Waals surface area contributed by atoms with Crippen LogP contribution in [0.5, 0.6) is 0 Å². The highest BCUT2D eigenvalue weighted by atomic mass is 28.3. The molecule has 0 N–H and O–H groups in total. The second-order valence-corrected chi connectivity index (χ2v) is 49.8. The van der Waals surface area contributed by atoms with E-state index in [2.05, 4.69) is 329 Å². The summed E-state index contributed by atoms with van der Waals surface area (Å²) in [5.74, 6) is -3.81. The summed E-state index contributed by atoms with van der Waals surface area (Å²) < 4.78 is 70.3. The van der Waals surface area contributed by atoms with Crippen molar-refractivity contribution in [1.29, 1.82) is 0 Å². The third kappa shape index (κ3) is 12.8. The summed E-state index contributed by atoms with van der Waals surface area (Å²) in [5, 5.41) is 5.19. The van der Waals surface area contributed by atoms with E-state index in [1.54, 1.807) is 48.9 Å². The number of halogens is 5. The first-order chi connectivity index (χ1) is 55.9. The van der Waals surface area contributed by atoms with E-state index in [1.165, 1.54) is 77.0 Å². The molecule has 588 valence electrons. The fourth-order valence-corrected chi connectivity index (χ4v) is 39.1. The summed E-state index contributed by atoms with van der Waals surface area (Å²) in [6, 6.07) is 136. The lowest BCUT2D eigenvalue weighted by molar-refractivity contribution is -0.210. The molecule has 116 heavy (non-hydrogen) atoms. The second kappa shape index (κ2) is 28.2. The van der Waals surface area contributed by atoms with Gasteiger partial charge < -0.3 is 0 Å². The molecule has 0 saturated heterocycles. The van der Waals surface area contributed by atoms with Gasteiger partial charge in [-0.1, -0.05) is 384 Å². The van der Waals surface area contributed by atoms with Crippen LogP contribution < -0.4 is 15.6 Å². The number of benzene rings is 12. The van der Waals surface area contributed by atoms with Crippen molar-refractivity contribution in [3.05, 3.63) is 414 Å². The Morgan fingerprint density at radius 3 is 0.552 bits per heavy atom. The largest absolute Gasteiger partial charge is 0.394 e. The van der Waals surface area contributed by atoms with Crippen molar-refractivity contribution in [2.45, 2.75) is 219 Å². The zero-order valence-corrected chi connectivity index (χ0v) is 69.7. The van der Waals surface area contributed by atoms with E-state index in [9.17, 15) is 13.2 Å². The van der Waals surface area contributed by atoms with E-state index >= 15 is 8.78 Å². The molecule has 0 spiro atoms. The number of hydrogen-bond acceptors (Lipinski definition) is 0. The van der Waals surface area contributed by atoms with Gasteiger partial charge in [0.2, 0.25) is 0 Å². The molecule has 12 fully saturated rings. The van der Waals surface area contributed by atoms with Gasteiger partial charge in [-0.05, 0) is 245 Å². The first-order valence-electron chi connectivity index (χ1n) is 43.0. The molecule has 12 saturated carbocycles. The van der Waals surface area contributed by atoms with Crippen LogP contribution in [0.1, 0.15) is 178 Å². The molecule has 0 nitrogen and oxygen atoms in total. The molecule has 7 heteroatoms. The monoisotopic (exact) mass is 1570 g/mol. The van der Waals surface area contributed by atoms with Crippen LogP contribution in [0.25, 0.3) is 0 Å². The minimum absolute atomic E-state index is 0.0628. The van der Waals surface area contributed by atoms with Crippen LogP contribution in [0.15, 0.2) is 364 Å². The second-order valence-electron chi connectivity index (χ2n) is 40.0. The van der Waals surface area contributed by atoms with Crippen LogP contribution in [0.3, 0.4) is 0 Å². The van der Waals surface area contributed by atoms with E-state index < -0.39 is 46.5 Å². The van der Waals surface area contributed by atoms with Crippen molar-refractivity contribution in [3.63, 3.8) is 0 Å². The van der Waals surface area contributed by atoms with E-state index in [-0.39, 0.29) is 53.8 Å². The minimum atomic E-state index is -4.91. The Kier molecular flexibility index (Phi) is 18.7. The first kappa shape index (κ1) is 76.7. The van der Waals surface area contributed by atoms with E-state index in [1.807, 2.05) is 54.6 Å². The van der Waals surface area contributed by atoms with Crippen molar-refractivity contribution < 1.29 is 22.0 Å². The van der Waals surface area contributed by atoms with Crippen LogP contribution in [-0.4, -0.2) is 28.2 Å². The molecule has 0 aliphatic heterocycles. The highest BCUT2D eigenvalue weighted by Crippen LogP contribution is 2.82. The maximum atomic E-state index is 15.3. The fraction of sp³-hybridized carbons (Fsp3) is 0.339. The molecule has 0 unspecified atom stereocenters. The molecule has 12 aliphatic rings. The molecule has 12 bridgehead atoms. The molecular formula is C109H109F5Si2. The van der Waals surface area contributed by atoms with E-state index in [0.717, 1.165) is 36.0 Å². The fourth-order valence-electron chi connectivity index (χ4n) is 29.8. The molecular weight excluding hydrogens is 1460 g/mol. The smallest absolute Gasteiger partial charge is 0.206 e. The zero-order valence-electron chi connectivity index (χ0n) is 67.7. The van der Waals surface area contributed by atoms with Gasteiger partial charge in [-0.25, -0.2) is 8.78 Å². The summed E-state index contributed by atoms with van der Waals surface area (Å²) in [4.78, 5) is 0. The van der Waals surface area contributed by atoms with Crippen molar-refractivity contribution in [2.75, 3.05) is 0 Å². The maximum absolute atomic E-state index is 15.3. The Morgan fingerprint density at radius 2 is 0.379 bits per heavy atom. The lowest BCUT2D eigenvalue weighted by Crippen LogP contribution is -2.80. The molecule has 0 amide bonds. The standard InChI is InChI=1S/C46H42Si.C32H31F5.C31H36Si/c1-7-19-37(20-8-1)43-31-44(38-21-9-2-10-22-38)33-45(32-43,39-23-11-3-12-24-39)36-46(34-43,35-44)47(40-25-13-4-14-26-40,41-27-15-5-16-28-41)42-29-17-6-18-30-42;33-31(34,23-32(35,36)37)19-27-16-28(24-10-4-1-5-11-24)20-29(17-27,25-12-6-2-7-13-25)22-30(18-27,21-28)26-14-8-3-9-15-26;1-32(2,3)31-22-28(25-13-7-4-8-14-25)19-29(23-31,26-15-9-5-10-16-26)21-30(20-28,24-31)27-17-11-6-12-18-27/h1-30H,31-36H2;1-15H,16-23H2;4-18H,19-24H2,1-3H3. The average molecular weight is 1570 g/mol. The van der Waals surface area contributed by atoms with Gasteiger partial charge in [0, 0.05) is 6.42 Å². The predicted molar refractivity (Wildman–Crippen MR) is 472 cm³/mol. The Balaban J connectivity index is 0.000000119. The van der Waals surface area contributed by atoms with Gasteiger partial charge in [-0.15, -0.1) is 0 Å². The van der Waals surface area contributed by atoms with Crippen LogP contribution in [0, 0.1) is 5.41 Å². The summed E-state index contributed by atoms with van der Waals surface area (Å²) in [6.45, 7) is 7.99. The first-order valence-corrected chi connectivity index (χ1v) is 48.5. The van der Waals surface area contributed by atoms with Gasteiger partial charge >= 0.3 is 6.18 Å². The number of hydrogen-bond donors (Lipinski definition) is 0. The Morgan fingerprint density at radius 1 is 0.216 bits per heavy atom. The summed E-state index contributed by atoms with van der Waals surface area (Å²) >= 11 is 0. The van der Waals surface area contributed by atoms with Crippen molar-refractivity contribution in [3.8, 4) is 0 Å². The third-order valence-electron chi connectivity index (χ3n) is 31.9. The molecule has 12 aromatic rings. The van der Waals surface area contributed by atoms with Crippen LogP contribution in [0.4, 0.5) is 22.0 Å². The highest BCUT2D eigenvalue weighted by Gasteiger charge is 2.76. The molecule has 24 rings (SSSR count). The molecule has 12 aliphatic carbocycles. The number of rotatable bonds is 17. The minimum Gasteiger partial charge on any atom is -0.206 e. The van der Waals surface area contributed by atoms with Gasteiger partial charge in [0.15, 0.2) is 8.07 Å². The summed E-state index contributed by atoms with van der Waals surface area (Å²) in [5.41, 5.74) is 11.8. The lowest BCUT2D eigenvalue weighted by Gasteiger charge is -2.74. The molecule has 0 radical (unpaired) electrons. The van der Waals surface area contributed by atoms with E-state index in [0.29, 0.717) is 24.3 Å². The van der Waals surface area contributed by atoms with Gasteiger partial charge in [0.05, 0.1) is 8.07 Å². The average Bonchev–Trinajstić information content (AvgIpc) is 0.674. The Bertz CT molecular complexity index is 4870.